The van der Waals surface area contributed by atoms with E-state index in [1.54, 1.807) is 0 Å². The first-order valence-electron chi connectivity index (χ1n) is 6.23. The van der Waals surface area contributed by atoms with Crippen LogP contribution in [0.2, 0.25) is 5.15 Å². The molecular weight excluding hydrogens is 258 g/mol. The highest BCUT2D eigenvalue weighted by Gasteiger charge is 2.12. The molecule has 0 fully saturated rings. The largest absolute Gasteiger partial charge is 0.298 e. The molecule has 1 aromatic heterocycles. The zero-order valence-electron chi connectivity index (χ0n) is 11.1. The second-order valence-electron chi connectivity index (χ2n) is 4.76. The minimum atomic E-state index is 0.201. The van der Waals surface area contributed by atoms with Crippen molar-refractivity contribution < 1.29 is 0 Å². The van der Waals surface area contributed by atoms with Gasteiger partial charge in [-0.3, -0.25) is 4.90 Å². The van der Waals surface area contributed by atoms with Crippen LogP contribution in [0.4, 0.5) is 0 Å². The number of hydrogen-bond donors (Lipinski definition) is 0. The Morgan fingerprint density at radius 3 is 2.89 bits per heavy atom. The molecule has 0 saturated heterocycles. The van der Waals surface area contributed by atoms with Crippen LogP contribution in [0.3, 0.4) is 0 Å². The van der Waals surface area contributed by atoms with Crippen LogP contribution in [-0.2, 0) is 6.54 Å². The lowest BCUT2D eigenvalue weighted by Crippen LogP contribution is -2.28. The van der Waals surface area contributed by atoms with Crippen molar-refractivity contribution in [3.05, 3.63) is 41.0 Å². The number of rotatable bonds is 4. The summed E-state index contributed by atoms with van der Waals surface area (Å²) in [4.78, 5) is 6.52. The van der Waals surface area contributed by atoms with Crippen LogP contribution in [0.5, 0.6) is 0 Å². The van der Waals surface area contributed by atoms with Crippen LogP contribution in [0.25, 0.3) is 10.9 Å². The molecule has 0 aliphatic carbocycles. The number of nitriles is 1. The van der Waals surface area contributed by atoms with E-state index in [2.05, 4.69) is 22.0 Å². The first kappa shape index (κ1) is 13.8. The Kier molecular flexibility index (Phi) is 4.36. The summed E-state index contributed by atoms with van der Waals surface area (Å²) >= 11 is 6.23. The van der Waals surface area contributed by atoms with E-state index in [1.165, 1.54) is 0 Å². The Labute approximate surface area is 118 Å². The van der Waals surface area contributed by atoms with Gasteiger partial charge in [0.15, 0.2) is 0 Å². The minimum Gasteiger partial charge on any atom is -0.298 e. The molecule has 1 heterocycles. The van der Waals surface area contributed by atoms with Gasteiger partial charge in [0.2, 0.25) is 0 Å². The highest BCUT2D eigenvalue weighted by molar-refractivity contribution is 6.30. The SMILES string of the molecule is CC(CC#N)N(C)Cc1cc2ccccc2nc1Cl. The molecule has 0 bridgehead atoms. The molecule has 0 saturated carbocycles. The number of benzene rings is 1. The summed E-state index contributed by atoms with van der Waals surface area (Å²) in [6.07, 6.45) is 0.509. The standard InChI is InChI=1S/C15H16ClN3/c1-11(7-8-17)19(2)10-13-9-12-5-3-4-6-14(12)18-15(13)16/h3-6,9,11H,7,10H2,1-2H3. The minimum absolute atomic E-state index is 0.201. The Balaban J connectivity index is 2.25. The Morgan fingerprint density at radius 1 is 1.42 bits per heavy atom. The molecule has 0 radical (unpaired) electrons. The molecule has 2 rings (SSSR count). The maximum atomic E-state index is 8.73. The van der Waals surface area contributed by atoms with Crippen LogP contribution >= 0.6 is 11.6 Å². The maximum absolute atomic E-state index is 8.73. The number of hydrogen-bond acceptors (Lipinski definition) is 3. The Hall–Kier alpha value is -1.63. The van der Waals surface area contributed by atoms with E-state index in [-0.39, 0.29) is 6.04 Å². The highest BCUT2D eigenvalue weighted by atomic mass is 35.5. The predicted molar refractivity (Wildman–Crippen MR) is 77.9 cm³/mol. The summed E-state index contributed by atoms with van der Waals surface area (Å²) in [7, 11) is 1.99. The second kappa shape index (κ2) is 6.01. The Bertz CT molecular complexity index is 618. The van der Waals surface area contributed by atoms with Gasteiger partial charge in [-0.2, -0.15) is 5.26 Å². The fourth-order valence-electron chi connectivity index (χ4n) is 1.96. The molecular formula is C15H16ClN3. The zero-order valence-corrected chi connectivity index (χ0v) is 11.9. The van der Waals surface area contributed by atoms with Crippen molar-refractivity contribution >= 4 is 22.5 Å². The van der Waals surface area contributed by atoms with Crippen LogP contribution in [0.15, 0.2) is 30.3 Å². The lowest BCUT2D eigenvalue weighted by atomic mass is 10.1. The Morgan fingerprint density at radius 2 is 2.16 bits per heavy atom. The molecule has 2 aromatic rings. The topological polar surface area (TPSA) is 39.9 Å². The van der Waals surface area contributed by atoms with E-state index < -0.39 is 0 Å². The molecule has 3 nitrogen and oxygen atoms in total. The van der Waals surface area contributed by atoms with Crippen molar-refractivity contribution in [1.82, 2.24) is 9.88 Å². The summed E-state index contributed by atoms with van der Waals surface area (Å²) in [5, 5.41) is 10.4. The lowest BCUT2D eigenvalue weighted by Gasteiger charge is -2.23. The molecule has 98 valence electrons. The number of pyridine rings is 1. The fraction of sp³-hybridized carbons (Fsp3) is 0.333. The summed E-state index contributed by atoms with van der Waals surface area (Å²) in [6, 6.07) is 12.4. The van der Waals surface area contributed by atoms with Gasteiger partial charge in [0.1, 0.15) is 5.15 Å². The van der Waals surface area contributed by atoms with Gasteiger partial charge in [-0.1, -0.05) is 29.8 Å². The van der Waals surface area contributed by atoms with Gasteiger partial charge >= 0.3 is 0 Å². The van der Waals surface area contributed by atoms with Gasteiger partial charge in [0.25, 0.3) is 0 Å². The van der Waals surface area contributed by atoms with Gasteiger partial charge in [-0.25, -0.2) is 4.98 Å². The molecule has 1 atom stereocenters. The average molecular weight is 274 g/mol. The van der Waals surface area contributed by atoms with Crippen LogP contribution in [0.1, 0.15) is 18.9 Å². The quantitative estimate of drug-likeness (QED) is 0.799. The van der Waals surface area contributed by atoms with Gasteiger partial charge in [0.05, 0.1) is 18.0 Å². The number of fused-ring (bicyclic) bond motifs is 1. The molecule has 0 spiro atoms. The summed E-state index contributed by atoms with van der Waals surface area (Å²) in [5.41, 5.74) is 1.90. The first-order valence-corrected chi connectivity index (χ1v) is 6.61. The van der Waals surface area contributed by atoms with Gasteiger partial charge in [0, 0.05) is 23.5 Å². The van der Waals surface area contributed by atoms with Crippen molar-refractivity contribution in [3.63, 3.8) is 0 Å². The predicted octanol–water partition coefficient (Wildman–Crippen LogP) is 3.62. The third-order valence-electron chi connectivity index (χ3n) is 3.31. The maximum Gasteiger partial charge on any atom is 0.134 e. The molecule has 0 N–H and O–H groups in total. The first-order chi connectivity index (χ1) is 9.11. The number of aromatic nitrogens is 1. The van der Waals surface area contributed by atoms with E-state index in [9.17, 15) is 0 Å². The van der Waals surface area contributed by atoms with E-state index in [4.69, 9.17) is 16.9 Å². The van der Waals surface area contributed by atoms with Crippen molar-refractivity contribution in [2.24, 2.45) is 0 Å². The van der Waals surface area contributed by atoms with Crippen molar-refractivity contribution in [3.8, 4) is 6.07 Å². The average Bonchev–Trinajstić information content (AvgIpc) is 2.39. The molecule has 0 aliphatic heterocycles. The third kappa shape index (κ3) is 3.23. The van der Waals surface area contributed by atoms with Crippen molar-refractivity contribution in [1.29, 1.82) is 5.26 Å². The molecule has 0 amide bonds. The van der Waals surface area contributed by atoms with E-state index in [1.807, 2.05) is 38.2 Å². The normalized spacial score (nSPS) is 12.6. The molecule has 1 aromatic carbocycles. The van der Waals surface area contributed by atoms with E-state index in [0.717, 1.165) is 16.5 Å². The van der Waals surface area contributed by atoms with E-state index in [0.29, 0.717) is 18.1 Å². The highest BCUT2D eigenvalue weighted by Crippen LogP contribution is 2.22. The zero-order chi connectivity index (χ0) is 13.8. The fourth-order valence-corrected chi connectivity index (χ4v) is 2.16. The summed E-state index contributed by atoms with van der Waals surface area (Å²) < 4.78 is 0. The van der Waals surface area contributed by atoms with Gasteiger partial charge < -0.3 is 0 Å². The third-order valence-corrected chi connectivity index (χ3v) is 3.64. The molecule has 4 heteroatoms. The number of para-hydroxylation sites is 1. The molecule has 1 unspecified atom stereocenters. The van der Waals surface area contributed by atoms with Crippen LogP contribution in [-0.4, -0.2) is 23.0 Å². The van der Waals surface area contributed by atoms with Crippen LogP contribution in [0, 0.1) is 11.3 Å². The number of nitrogens with zero attached hydrogens (tertiary/aromatic N) is 3. The monoisotopic (exact) mass is 273 g/mol. The smallest absolute Gasteiger partial charge is 0.134 e. The number of halogens is 1. The molecule has 0 aliphatic rings. The lowest BCUT2D eigenvalue weighted by molar-refractivity contribution is 0.252. The second-order valence-corrected chi connectivity index (χ2v) is 5.12. The van der Waals surface area contributed by atoms with Crippen molar-refractivity contribution in [2.45, 2.75) is 25.9 Å². The summed E-state index contributed by atoms with van der Waals surface area (Å²) in [5.74, 6) is 0. The van der Waals surface area contributed by atoms with Gasteiger partial charge in [-0.05, 0) is 26.1 Å². The van der Waals surface area contributed by atoms with E-state index >= 15 is 0 Å². The molecule has 19 heavy (non-hydrogen) atoms. The summed E-state index contributed by atoms with van der Waals surface area (Å²) in [6.45, 7) is 2.73. The van der Waals surface area contributed by atoms with Crippen molar-refractivity contribution in [2.75, 3.05) is 7.05 Å². The van der Waals surface area contributed by atoms with Gasteiger partial charge in [-0.15, -0.1) is 0 Å². The van der Waals surface area contributed by atoms with Crippen LogP contribution < -0.4 is 0 Å².